The summed E-state index contributed by atoms with van der Waals surface area (Å²) in [7, 11) is 0. The summed E-state index contributed by atoms with van der Waals surface area (Å²) in [5.74, 6) is -0.248. The Balaban J connectivity index is 2.13. The van der Waals surface area contributed by atoms with E-state index in [0.717, 1.165) is 5.56 Å². The van der Waals surface area contributed by atoms with E-state index in [0.29, 0.717) is 10.9 Å². The SMILES string of the molecule is O=C(NC(CBr)c1ccccc1)c1ccoc1Cl. The van der Waals surface area contributed by atoms with Crippen molar-refractivity contribution in [1.82, 2.24) is 5.32 Å². The van der Waals surface area contributed by atoms with Gasteiger partial charge in [-0.1, -0.05) is 46.3 Å². The van der Waals surface area contributed by atoms with Crippen LogP contribution in [0.4, 0.5) is 0 Å². The van der Waals surface area contributed by atoms with Crippen LogP contribution in [0.5, 0.6) is 0 Å². The largest absolute Gasteiger partial charge is 0.452 e. The maximum atomic E-state index is 12.0. The van der Waals surface area contributed by atoms with Gasteiger partial charge < -0.3 is 9.73 Å². The van der Waals surface area contributed by atoms with Crippen LogP contribution in [0.1, 0.15) is 22.0 Å². The van der Waals surface area contributed by atoms with E-state index in [-0.39, 0.29) is 17.2 Å². The minimum absolute atomic E-state index is 0.105. The van der Waals surface area contributed by atoms with E-state index in [2.05, 4.69) is 21.2 Å². The lowest BCUT2D eigenvalue weighted by atomic mass is 10.1. The Kier molecular flexibility index (Phi) is 4.44. The number of hydrogen-bond acceptors (Lipinski definition) is 2. The van der Waals surface area contributed by atoms with Crippen LogP contribution >= 0.6 is 27.5 Å². The molecule has 0 fully saturated rings. The van der Waals surface area contributed by atoms with Crippen molar-refractivity contribution in [1.29, 1.82) is 0 Å². The van der Waals surface area contributed by atoms with Gasteiger partial charge in [0.05, 0.1) is 17.9 Å². The average Bonchev–Trinajstić information content (AvgIpc) is 2.83. The van der Waals surface area contributed by atoms with Crippen LogP contribution in [0.25, 0.3) is 0 Å². The molecule has 3 nitrogen and oxygen atoms in total. The highest BCUT2D eigenvalue weighted by Crippen LogP contribution is 2.19. The van der Waals surface area contributed by atoms with Gasteiger partial charge in [0.2, 0.25) is 5.22 Å². The quantitative estimate of drug-likeness (QED) is 0.868. The summed E-state index contributed by atoms with van der Waals surface area (Å²) in [5, 5.41) is 3.62. The Labute approximate surface area is 118 Å². The molecule has 18 heavy (non-hydrogen) atoms. The fraction of sp³-hybridized carbons (Fsp3) is 0.154. The van der Waals surface area contributed by atoms with E-state index in [4.69, 9.17) is 16.0 Å². The fourth-order valence-corrected chi connectivity index (χ4v) is 2.32. The van der Waals surface area contributed by atoms with Gasteiger partial charge in [-0.25, -0.2) is 0 Å². The van der Waals surface area contributed by atoms with Crippen LogP contribution in [0, 0.1) is 0 Å². The number of benzene rings is 1. The molecule has 1 aromatic heterocycles. The second-order valence-electron chi connectivity index (χ2n) is 3.70. The van der Waals surface area contributed by atoms with E-state index in [1.807, 2.05) is 30.3 Å². The number of alkyl halides is 1. The zero-order valence-electron chi connectivity index (χ0n) is 9.40. The zero-order valence-corrected chi connectivity index (χ0v) is 11.7. The third-order valence-corrected chi connectivity index (χ3v) is 3.46. The van der Waals surface area contributed by atoms with Gasteiger partial charge in [0.1, 0.15) is 0 Å². The Hall–Kier alpha value is -1.26. The third kappa shape index (κ3) is 2.94. The molecule has 2 aromatic rings. The van der Waals surface area contributed by atoms with Gasteiger partial charge >= 0.3 is 0 Å². The van der Waals surface area contributed by atoms with Crippen LogP contribution in [0.3, 0.4) is 0 Å². The molecule has 2 rings (SSSR count). The maximum Gasteiger partial charge on any atom is 0.256 e. The molecule has 0 saturated heterocycles. The van der Waals surface area contributed by atoms with Crippen molar-refractivity contribution < 1.29 is 9.21 Å². The van der Waals surface area contributed by atoms with E-state index in [9.17, 15) is 4.79 Å². The Bertz CT molecular complexity index is 527. The van der Waals surface area contributed by atoms with Gasteiger partial charge in [-0.15, -0.1) is 0 Å². The van der Waals surface area contributed by atoms with Gasteiger partial charge in [0.25, 0.3) is 5.91 Å². The average molecular weight is 329 g/mol. The minimum Gasteiger partial charge on any atom is -0.452 e. The first-order valence-corrected chi connectivity index (χ1v) is 6.87. The van der Waals surface area contributed by atoms with Gasteiger partial charge in [-0.05, 0) is 23.2 Å². The highest BCUT2D eigenvalue weighted by atomic mass is 79.9. The second-order valence-corrected chi connectivity index (χ2v) is 4.69. The summed E-state index contributed by atoms with van der Waals surface area (Å²) in [6.45, 7) is 0. The molecule has 5 heteroatoms. The van der Waals surface area contributed by atoms with Crippen molar-refractivity contribution in [2.24, 2.45) is 0 Å². The molecule has 0 aliphatic heterocycles. The number of rotatable bonds is 4. The first kappa shape index (κ1) is 13.2. The summed E-state index contributed by atoms with van der Waals surface area (Å²) < 4.78 is 4.90. The highest BCUT2D eigenvalue weighted by molar-refractivity contribution is 9.09. The smallest absolute Gasteiger partial charge is 0.256 e. The van der Waals surface area contributed by atoms with Gasteiger partial charge in [0, 0.05) is 5.33 Å². The van der Waals surface area contributed by atoms with Crippen molar-refractivity contribution >= 4 is 33.4 Å². The predicted molar refractivity (Wildman–Crippen MR) is 74.2 cm³/mol. The van der Waals surface area contributed by atoms with Crippen LogP contribution in [0.2, 0.25) is 5.22 Å². The normalized spacial score (nSPS) is 12.1. The molecular weight excluding hydrogens is 318 g/mol. The van der Waals surface area contributed by atoms with Crippen LogP contribution < -0.4 is 5.32 Å². The molecule has 0 bridgehead atoms. The lowest BCUT2D eigenvalue weighted by Crippen LogP contribution is -2.29. The van der Waals surface area contributed by atoms with Crippen molar-refractivity contribution in [2.75, 3.05) is 5.33 Å². The number of carbonyl (C=O) groups excluding carboxylic acids is 1. The summed E-state index contributed by atoms with van der Waals surface area (Å²) in [5.41, 5.74) is 1.38. The van der Waals surface area contributed by atoms with Crippen LogP contribution in [0.15, 0.2) is 47.1 Å². The molecule has 0 spiro atoms. The molecule has 94 valence electrons. The topological polar surface area (TPSA) is 42.2 Å². The number of nitrogens with one attached hydrogen (secondary N) is 1. The first-order chi connectivity index (χ1) is 8.72. The summed E-state index contributed by atoms with van der Waals surface area (Å²) in [4.78, 5) is 12.0. The number of carbonyl (C=O) groups is 1. The highest BCUT2D eigenvalue weighted by Gasteiger charge is 2.17. The lowest BCUT2D eigenvalue weighted by molar-refractivity contribution is 0.0940. The monoisotopic (exact) mass is 327 g/mol. The molecule has 0 aliphatic carbocycles. The Morgan fingerprint density at radius 2 is 2.06 bits per heavy atom. The van der Waals surface area contributed by atoms with E-state index < -0.39 is 0 Å². The summed E-state index contributed by atoms with van der Waals surface area (Å²) >= 11 is 9.16. The van der Waals surface area contributed by atoms with Gasteiger partial charge in [-0.3, -0.25) is 4.79 Å². The minimum atomic E-state index is -0.248. The Morgan fingerprint density at radius 1 is 1.33 bits per heavy atom. The standard InChI is InChI=1S/C13H11BrClNO2/c14-8-11(9-4-2-1-3-5-9)16-13(17)10-6-7-18-12(10)15/h1-7,11H,8H2,(H,16,17). The summed E-state index contributed by atoms with van der Waals surface area (Å²) in [6, 6.07) is 11.2. The second kappa shape index (κ2) is 6.07. The molecule has 1 aromatic carbocycles. The van der Waals surface area contributed by atoms with Gasteiger partial charge in [-0.2, -0.15) is 0 Å². The zero-order chi connectivity index (χ0) is 13.0. The fourth-order valence-electron chi connectivity index (χ4n) is 1.59. The molecule has 0 radical (unpaired) electrons. The molecular formula is C13H11BrClNO2. The molecule has 0 saturated carbocycles. The summed E-state index contributed by atoms with van der Waals surface area (Å²) in [6.07, 6.45) is 1.39. The number of hydrogen-bond donors (Lipinski definition) is 1. The predicted octanol–water partition coefficient (Wildman–Crippen LogP) is 3.80. The molecule has 0 aliphatic rings. The molecule has 1 amide bonds. The molecule has 1 unspecified atom stereocenters. The van der Waals surface area contributed by atoms with E-state index in [1.165, 1.54) is 6.26 Å². The van der Waals surface area contributed by atoms with Crippen molar-refractivity contribution in [2.45, 2.75) is 6.04 Å². The van der Waals surface area contributed by atoms with Crippen molar-refractivity contribution in [3.8, 4) is 0 Å². The maximum absolute atomic E-state index is 12.0. The van der Waals surface area contributed by atoms with Crippen molar-refractivity contribution in [3.05, 3.63) is 59.0 Å². The number of furan rings is 1. The third-order valence-electron chi connectivity index (χ3n) is 2.52. The molecule has 1 heterocycles. The van der Waals surface area contributed by atoms with Gasteiger partial charge in [0.15, 0.2) is 0 Å². The lowest BCUT2D eigenvalue weighted by Gasteiger charge is -2.16. The number of halogens is 2. The number of amides is 1. The van der Waals surface area contributed by atoms with Crippen LogP contribution in [-0.2, 0) is 0 Å². The van der Waals surface area contributed by atoms with E-state index >= 15 is 0 Å². The Morgan fingerprint density at radius 3 is 2.61 bits per heavy atom. The van der Waals surface area contributed by atoms with E-state index in [1.54, 1.807) is 6.07 Å². The van der Waals surface area contributed by atoms with Crippen LogP contribution in [-0.4, -0.2) is 11.2 Å². The van der Waals surface area contributed by atoms with Crippen molar-refractivity contribution in [3.63, 3.8) is 0 Å². The molecule has 1 N–H and O–H groups in total. The molecule has 1 atom stereocenters. The first-order valence-electron chi connectivity index (χ1n) is 5.37.